The summed E-state index contributed by atoms with van der Waals surface area (Å²) in [5, 5.41) is 0. The average Bonchev–Trinajstić information content (AvgIpc) is 2.88. The third kappa shape index (κ3) is 8.48. The van der Waals surface area contributed by atoms with Gasteiger partial charge in [0.25, 0.3) is 0 Å². The quantitative estimate of drug-likeness (QED) is 0.137. The van der Waals surface area contributed by atoms with Crippen molar-refractivity contribution in [2.75, 3.05) is 0 Å². The number of aryl methyl sites for hydroxylation is 2. The van der Waals surface area contributed by atoms with Crippen LogP contribution in [0.15, 0.2) is 72.8 Å². The van der Waals surface area contributed by atoms with E-state index in [2.05, 4.69) is 38.1 Å². The first-order chi connectivity index (χ1) is 16.7. The largest absolute Gasteiger partial charge is 0.423 e. The SMILES string of the molecule is CCCCCCCc1ccc(-c2ccc(OC(=O)c3ccc(CCCCCC)cc3)cc2)cc1. The van der Waals surface area contributed by atoms with E-state index in [1.807, 2.05) is 48.5 Å². The van der Waals surface area contributed by atoms with E-state index in [4.69, 9.17) is 4.74 Å². The van der Waals surface area contributed by atoms with Crippen LogP contribution in [-0.2, 0) is 12.8 Å². The number of hydrogen-bond acceptors (Lipinski definition) is 2. The third-order valence-electron chi connectivity index (χ3n) is 6.43. The number of carbonyl (C=O) groups is 1. The summed E-state index contributed by atoms with van der Waals surface area (Å²) < 4.78 is 5.60. The molecule has 3 aromatic carbocycles. The molecule has 0 fully saturated rings. The van der Waals surface area contributed by atoms with Crippen LogP contribution >= 0.6 is 0 Å². The van der Waals surface area contributed by atoms with Gasteiger partial charge in [-0.1, -0.05) is 107 Å². The Kier molecular flexibility index (Phi) is 10.9. The molecular formula is C32H40O2. The molecule has 0 aliphatic carbocycles. The van der Waals surface area contributed by atoms with Crippen molar-refractivity contribution >= 4 is 5.97 Å². The zero-order valence-electron chi connectivity index (χ0n) is 21.0. The van der Waals surface area contributed by atoms with Crippen LogP contribution < -0.4 is 4.74 Å². The van der Waals surface area contributed by atoms with Crippen LogP contribution in [0.4, 0.5) is 0 Å². The minimum atomic E-state index is -0.312. The lowest BCUT2D eigenvalue weighted by molar-refractivity contribution is 0.0735. The Morgan fingerprint density at radius 1 is 0.559 bits per heavy atom. The van der Waals surface area contributed by atoms with Gasteiger partial charge >= 0.3 is 5.97 Å². The molecule has 0 heterocycles. The number of hydrogen-bond donors (Lipinski definition) is 0. The first-order valence-corrected chi connectivity index (χ1v) is 13.2. The van der Waals surface area contributed by atoms with Gasteiger partial charge in [0.05, 0.1) is 5.56 Å². The van der Waals surface area contributed by atoms with Gasteiger partial charge in [0.2, 0.25) is 0 Å². The topological polar surface area (TPSA) is 26.3 Å². The normalized spacial score (nSPS) is 10.9. The zero-order chi connectivity index (χ0) is 24.0. The molecule has 2 nitrogen and oxygen atoms in total. The molecule has 2 heteroatoms. The van der Waals surface area contributed by atoms with E-state index >= 15 is 0 Å². The summed E-state index contributed by atoms with van der Waals surface area (Å²) in [4.78, 5) is 12.5. The fourth-order valence-corrected chi connectivity index (χ4v) is 4.24. The molecule has 0 amide bonds. The van der Waals surface area contributed by atoms with Gasteiger partial charge in [-0.2, -0.15) is 0 Å². The summed E-state index contributed by atoms with van der Waals surface area (Å²) >= 11 is 0. The summed E-state index contributed by atoms with van der Waals surface area (Å²) in [7, 11) is 0. The molecule has 0 atom stereocenters. The number of ether oxygens (including phenoxy) is 1. The van der Waals surface area contributed by atoms with Gasteiger partial charge in [-0.3, -0.25) is 0 Å². The molecule has 3 rings (SSSR count). The molecule has 0 saturated heterocycles. The second kappa shape index (κ2) is 14.4. The molecular weight excluding hydrogens is 416 g/mol. The van der Waals surface area contributed by atoms with E-state index in [0.717, 1.165) is 18.4 Å². The standard InChI is InChI=1S/C32H40O2/c1-3-5-7-9-11-13-26-14-18-28(19-15-26)29-22-24-31(25-23-29)34-32(33)30-20-16-27(17-21-30)12-10-8-6-4-2/h14-25H,3-13H2,1-2H3. The van der Waals surface area contributed by atoms with E-state index in [9.17, 15) is 4.79 Å². The highest BCUT2D eigenvalue weighted by Crippen LogP contribution is 2.24. The minimum absolute atomic E-state index is 0.312. The fraction of sp³-hybridized carbons (Fsp3) is 0.406. The minimum Gasteiger partial charge on any atom is -0.423 e. The molecule has 0 bridgehead atoms. The van der Waals surface area contributed by atoms with Crippen molar-refractivity contribution in [2.45, 2.75) is 84.5 Å². The lowest BCUT2D eigenvalue weighted by Crippen LogP contribution is -2.08. The fourth-order valence-electron chi connectivity index (χ4n) is 4.24. The number of carbonyl (C=O) groups excluding carboxylic acids is 1. The van der Waals surface area contributed by atoms with E-state index in [-0.39, 0.29) is 5.97 Å². The van der Waals surface area contributed by atoms with Gasteiger partial charge < -0.3 is 4.74 Å². The predicted octanol–water partition coefficient (Wildman–Crippen LogP) is 9.21. The summed E-state index contributed by atoms with van der Waals surface area (Å²) in [6.45, 7) is 4.48. The predicted molar refractivity (Wildman–Crippen MR) is 144 cm³/mol. The van der Waals surface area contributed by atoms with Crippen LogP contribution in [0.2, 0.25) is 0 Å². The second-order valence-corrected chi connectivity index (χ2v) is 9.28. The molecule has 0 radical (unpaired) electrons. The average molecular weight is 457 g/mol. The molecule has 0 N–H and O–H groups in total. The number of rotatable bonds is 14. The van der Waals surface area contributed by atoms with Crippen molar-refractivity contribution in [2.24, 2.45) is 0 Å². The molecule has 0 unspecified atom stereocenters. The highest BCUT2D eigenvalue weighted by atomic mass is 16.5. The maximum Gasteiger partial charge on any atom is 0.343 e. The van der Waals surface area contributed by atoms with E-state index in [0.29, 0.717) is 11.3 Å². The lowest BCUT2D eigenvalue weighted by Gasteiger charge is -2.08. The van der Waals surface area contributed by atoms with Crippen LogP contribution in [0, 0.1) is 0 Å². The Bertz CT molecular complexity index is 969. The van der Waals surface area contributed by atoms with Crippen LogP contribution in [0.3, 0.4) is 0 Å². The van der Waals surface area contributed by atoms with Gasteiger partial charge in [0.15, 0.2) is 0 Å². The lowest BCUT2D eigenvalue weighted by atomic mass is 10.0. The number of esters is 1. The molecule has 34 heavy (non-hydrogen) atoms. The smallest absolute Gasteiger partial charge is 0.343 e. The van der Waals surface area contributed by atoms with Crippen molar-refractivity contribution in [3.63, 3.8) is 0 Å². The first-order valence-electron chi connectivity index (χ1n) is 13.2. The monoisotopic (exact) mass is 456 g/mol. The van der Waals surface area contributed by atoms with Crippen molar-refractivity contribution < 1.29 is 9.53 Å². The summed E-state index contributed by atoms with van der Waals surface area (Å²) in [6, 6.07) is 24.4. The molecule has 180 valence electrons. The van der Waals surface area contributed by atoms with Crippen LogP contribution in [-0.4, -0.2) is 5.97 Å². The van der Waals surface area contributed by atoms with Crippen LogP contribution in [0.25, 0.3) is 11.1 Å². The highest BCUT2D eigenvalue weighted by molar-refractivity contribution is 5.91. The maximum atomic E-state index is 12.5. The Balaban J connectivity index is 1.49. The van der Waals surface area contributed by atoms with Gasteiger partial charge in [0.1, 0.15) is 5.75 Å². The van der Waals surface area contributed by atoms with Crippen molar-refractivity contribution in [3.05, 3.63) is 89.5 Å². The first kappa shape index (κ1) is 25.7. The third-order valence-corrected chi connectivity index (χ3v) is 6.43. The van der Waals surface area contributed by atoms with Gasteiger partial charge in [-0.05, 0) is 72.2 Å². The molecule has 0 spiro atoms. The summed E-state index contributed by atoms with van der Waals surface area (Å²) in [5.74, 6) is 0.259. The highest BCUT2D eigenvalue weighted by Gasteiger charge is 2.09. The van der Waals surface area contributed by atoms with E-state index < -0.39 is 0 Å². The van der Waals surface area contributed by atoms with Crippen molar-refractivity contribution in [1.82, 2.24) is 0 Å². The van der Waals surface area contributed by atoms with Crippen LogP contribution in [0.5, 0.6) is 5.75 Å². The Morgan fingerprint density at radius 3 is 1.53 bits per heavy atom. The molecule has 3 aromatic rings. The van der Waals surface area contributed by atoms with Crippen molar-refractivity contribution in [3.8, 4) is 16.9 Å². The molecule has 0 aromatic heterocycles. The summed E-state index contributed by atoms with van der Waals surface area (Å²) in [6.07, 6.45) is 13.8. The molecule has 0 aliphatic rings. The van der Waals surface area contributed by atoms with Gasteiger partial charge in [-0.15, -0.1) is 0 Å². The maximum absolute atomic E-state index is 12.5. The van der Waals surface area contributed by atoms with Gasteiger partial charge in [0, 0.05) is 0 Å². The van der Waals surface area contributed by atoms with Gasteiger partial charge in [-0.25, -0.2) is 4.79 Å². The number of unbranched alkanes of at least 4 members (excludes halogenated alkanes) is 7. The zero-order valence-corrected chi connectivity index (χ0v) is 21.0. The van der Waals surface area contributed by atoms with E-state index in [1.165, 1.54) is 74.5 Å². The Morgan fingerprint density at radius 2 is 1.00 bits per heavy atom. The van der Waals surface area contributed by atoms with E-state index in [1.54, 1.807) is 0 Å². The Hall–Kier alpha value is -2.87. The summed E-state index contributed by atoms with van der Waals surface area (Å²) in [5.41, 5.74) is 5.58. The molecule has 0 saturated carbocycles. The number of benzene rings is 3. The molecule has 0 aliphatic heterocycles. The van der Waals surface area contributed by atoms with Crippen LogP contribution in [0.1, 0.15) is 93.1 Å². The second-order valence-electron chi connectivity index (χ2n) is 9.28. The Labute approximate surface area is 206 Å². The van der Waals surface area contributed by atoms with Crippen molar-refractivity contribution in [1.29, 1.82) is 0 Å².